The van der Waals surface area contributed by atoms with E-state index in [0.717, 1.165) is 5.56 Å². The second kappa shape index (κ2) is 5.91. The van der Waals surface area contributed by atoms with Crippen LogP contribution in [-0.4, -0.2) is 40.8 Å². The number of carbonyl (C=O) groups is 1. The summed E-state index contributed by atoms with van der Waals surface area (Å²) < 4.78 is 0. The van der Waals surface area contributed by atoms with Crippen LogP contribution in [0.25, 0.3) is 0 Å². The molecule has 0 radical (unpaired) electrons. The van der Waals surface area contributed by atoms with Crippen molar-refractivity contribution in [1.29, 1.82) is 0 Å². The largest absolute Gasteiger partial charge is 0.366 e. The van der Waals surface area contributed by atoms with Gasteiger partial charge in [-0.2, -0.15) is 5.48 Å². The van der Waals surface area contributed by atoms with Gasteiger partial charge < -0.3 is 10.0 Å². The van der Waals surface area contributed by atoms with Crippen molar-refractivity contribution < 1.29 is 14.7 Å². The first kappa shape index (κ1) is 15.0. The topological polar surface area (TPSA) is 61.8 Å². The molecule has 1 saturated heterocycles. The summed E-state index contributed by atoms with van der Waals surface area (Å²) in [4.78, 5) is 19.6. The standard InChI is InChI=1S/C15H22N2O3/c1-4-17(5-2)14(19)15(3)12(13(18)20-16-15)11-9-7-6-8-10-11/h6-10,12-13,16,18H,4-5H2,1-3H3/t12-,13?,15+/m0/s1. The number of nitrogens with zero attached hydrogens (tertiary/aromatic N) is 1. The van der Waals surface area contributed by atoms with Crippen molar-refractivity contribution in [1.82, 2.24) is 10.4 Å². The maximum absolute atomic E-state index is 12.7. The molecule has 110 valence electrons. The first-order chi connectivity index (χ1) is 9.54. The molecule has 0 spiro atoms. The molecule has 2 N–H and O–H groups in total. The van der Waals surface area contributed by atoms with Gasteiger partial charge in [-0.3, -0.25) is 9.63 Å². The number of hydrogen-bond donors (Lipinski definition) is 2. The van der Waals surface area contributed by atoms with Crippen LogP contribution in [0.4, 0.5) is 0 Å². The van der Waals surface area contributed by atoms with E-state index in [2.05, 4.69) is 5.48 Å². The molecule has 0 aromatic heterocycles. The zero-order valence-corrected chi connectivity index (χ0v) is 12.2. The molecular formula is C15H22N2O3. The highest BCUT2D eigenvalue weighted by molar-refractivity contribution is 5.87. The van der Waals surface area contributed by atoms with E-state index in [4.69, 9.17) is 4.84 Å². The summed E-state index contributed by atoms with van der Waals surface area (Å²) in [7, 11) is 0. The molecule has 0 bridgehead atoms. The molecule has 1 aliphatic rings. The number of nitrogens with one attached hydrogen (secondary N) is 1. The van der Waals surface area contributed by atoms with Gasteiger partial charge in [0.1, 0.15) is 5.54 Å². The average molecular weight is 278 g/mol. The molecule has 1 aromatic rings. The van der Waals surface area contributed by atoms with Gasteiger partial charge in [0, 0.05) is 13.1 Å². The minimum Gasteiger partial charge on any atom is -0.366 e. The van der Waals surface area contributed by atoms with E-state index < -0.39 is 17.7 Å². The van der Waals surface area contributed by atoms with Crippen LogP contribution in [0.1, 0.15) is 32.3 Å². The van der Waals surface area contributed by atoms with Crippen LogP contribution >= 0.6 is 0 Å². The number of amides is 1. The van der Waals surface area contributed by atoms with Gasteiger partial charge in [-0.15, -0.1) is 0 Å². The molecule has 2 rings (SSSR count). The van der Waals surface area contributed by atoms with E-state index in [0.29, 0.717) is 13.1 Å². The number of benzene rings is 1. The Bertz CT molecular complexity index is 461. The van der Waals surface area contributed by atoms with Crippen molar-refractivity contribution in [3.8, 4) is 0 Å². The Morgan fingerprint density at radius 1 is 1.35 bits per heavy atom. The minimum atomic E-state index is -1.04. The van der Waals surface area contributed by atoms with Gasteiger partial charge in [-0.25, -0.2) is 0 Å². The molecule has 1 heterocycles. The zero-order chi connectivity index (χ0) is 14.8. The Kier molecular flexibility index (Phi) is 4.42. The lowest BCUT2D eigenvalue weighted by molar-refractivity contribution is -0.141. The molecule has 1 aromatic carbocycles. The Morgan fingerprint density at radius 3 is 2.50 bits per heavy atom. The number of rotatable bonds is 4. The summed E-state index contributed by atoms with van der Waals surface area (Å²) in [6, 6.07) is 9.49. The number of likely N-dealkylation sites (N-methyl/N-ethyl adjacent to an activating group) is 1. The number of hydrogen-bond acceptors (Lipinski definition) is 4. The summed E-state index contributed by atoms with van der Waals surface area (Å²) >= 11 is 0. The molecule has 5 nitrogen and oxygen atoms in total. The lowest BCUT2D eigenvalue weighted by Crippen LogP contribution is -2.55. The maximum atomic E-state index is 12.7. The second-order valence-corrected chi connectivity index (χ2v) is 5.18. The quantitative estimate of drug-likeness (QED) is 0.870. The summed E-state index contributed by atoms with van der Waals surface area (Å²) in [6.07, 6.45) is -1.04. The minimum absolute atomic E-state index is 0.0621. The van der Waals surface area contributed by atoms with E-state index in [1.54, 1.807) is 11.8 Å². The SMILES string of the molecule is CCN(CC)C(=O)[C@]1(C)NOC(O)[C@@H]1c1ccccc1. The van der Waals surface area contributed by atoms with E-state index in [1.807, 2.05) is 44.2 Å². The molecule has 1 aliphatic heterocycles. The van der Waals surface area contributed by atoms with Crippen LogP contribution in [0.3, 0.4) is 0 Å². The van der Waals surface area contributed by atoms with E-state index >= 15 is 0 Å². The molecule has 1 amide bonds. The fraction of sp³-hybridized carbons (Fsp3) is 0.533. The Morgan fingerprint density at radius 2 is 1.95 bits per heavy atom. The monoisotopic (exact) mass is 278 g/mol. The predicted molar refractivity (Wildman–Crippen MR) is 75.7 cm³/mol. The van der Waals surface area contributed by atoms with Crippen molar-refractivity contribution in [3.05, 3.63) is 35.9 Å². The van der Waals surface area contributed by atoms with Gasteiger partial charge in [-0.1, -0.05) is 30.3 Å². The fourth-order valence-corrected chi connectivity index (χ4v) is 2.77. The molecule has 5 heteroatoms. The lowest BCUT2D eigenvalue weighted by atomic mass is 9.80. The number of aliphatic hydroxyl groups is 1. The predicted octanol–water partition coefficient (Wildman–Crippen LogP) is 1.25. The van der Waals surface area contributed by atoms with Gasteiger partial charge in [0.15, 0.2) is 6.29 Å². The summed E-state index contributed by atoms with van der Waals surface area (Å²) in [5.41, 5.74) is 2.66. The van der Waals surface area contributed by atoms with E-state index in [1.165, 1.54) is 0 Å². The Hall–Kier alpha value is -1.43. The van der Waals surface area contributed by atoms with Crippen LogP contribution in [0.5, 0.6) is 0 Å². The average Bonchev–Trinajstić information content (AvgIpc) is 2.78. The van der Waals surface area contributed by atoms with Crippen LogP contribution in [0, 0.1) is 0 Å². The third kappa shape index (κ3) is 2.44. The van der Waals surface area contributed by atoms with Crippen molar-refractivity contribution in [3.63, 3.8) is 0 Å². The number of hydroxylamine groups is 1. The van der Waals surface area contributed by atoms with Gasteiger partial charge in [0.2, 0.25) is 5.91 Å². The molecule has 0 aliphatic carbocycles. The Labute approximate surface area is 119 Å². The third-order valence-corrected chi connectivity index (χ3v) is 3.95. The van der Waals surface area contributed by atoms with Gasteiger partial charge in [0.05, 0.1) is 5.92 Å². The first-order valence-electron chi connectivity index (χ1n) is 6.99. The van der Waals surface area contributed by atoms with Gasteiger partial charge >= 0.3 is 0 Å². The molecule has 1 unspecified atom stereocenters. The van der Waals surface area contributed by atoms with Crippen molar-refractivity contribution >= 4 is 5.91 Å². The maximum Gasteiger partial charge on any atom is 0.245 e. The van der Waals surface area contributed by atoms with Crippen LogP contribution in [0.2, 0.25) is 0 Å². The fourth-order valence-electron chi connectivity index (χ4n) is 2.77. The summed E-state index contributed by atoms with van der Waals surface area (Å²) in [5, 5.41) is 10.1. The van der Waals surface area contributed by atoms with E-state index in [9.17, 15) is 9.90 Å². The summed E-state index contributed by atoms with van der Waals surface area (Å²) in [5.74, 6) is -0.496. The normalized spacial score (nSPS) is 29.4. The first-order valence-corrected chi connectivity index (χ1v) is 6.99. The van der Waals surface area contributed by atoms with Gasteiger partial charge in [0.25, 0.3) is 0 Å². The number of aliphatic hydroxyl groups excluding tert-OH is 1. The van der Waals surface area contributed by atoms with Crippen LogP contribution < -0.4 is 5.48 Å². The van der Waals surface area contributed by atoms with Crippen molar-refractivity contribution in [2.75, 3.05) is 13.1 Å². The summed E-state index contributed by atoms with van der Waals surface area (Å²) in [6.45, 7) is 6.92. The van der Waals surface area contributed by atoms with Crippen LogP contribution in [0.15, 0.2) is 30.3 Å². The van der Waals surface area contributed by atoms with E-state index in [-0.39, 0.29) is 5.91 Å². The van der Waals surface area contributed by atoms with Crippen molar-refractivity contribution in [2.45, 2.75) is 38.5 Å². The molecule has 1 fully saturated rings. The molecular weight excluding hydrogens is 256 g/mol. The van der Waals surface area contributed by atoms with Gasteiger partial charge in [-0.05, 0) is 26.3 Å². The molecule has 20 heavy (non-hydrogen) atoms. The molecule has 0 saturated carbocycles. The zero-order valence-electron chi connectivity index (χ0n) is 12.2. The molecule has 3 atom stereocenters. The van der Waals surface area contributed by atoms with Crippen LogP contribution in [-0.2, 0) is 9.63 Å². The lowest BCUT2D eigenvalue weighted by Gasteiger charge is -2.33. The highest BCUT2D eigenvalue weighted by Gasteiger charge is 2.53. The number of carbonyl (C=O) groups excluding carboxylic acids is 1. The Balaban J connectivity index is 2.36. The van der Waals surface area contributed by atoms with Crippen molar-refractivity contribution in [2.24, 2.45) is 0 Å². The second-order valence-electron chi connectivity index (χ2n) is 5.18. The highest BCUT2D eigenvalue weighted by Crippen LogP contribution is 2.38. The smallest absolute Gasteiger partial charge is 0.245 e. The third-order valence-electron chi connectivity index (χ3n) is 3.95. The highest BCUT2D eigenvalue weighted by atomic mass is 16.7.